The van der Waals surface area contributed by atoms with E-state index in [2.05, 4.69) is 10.2 Å². The maximum absolute atomic E-state index is 12.9. The number of carbonyl (C=O) groups excluding carboxylic acids is 1. The summed E-state index contributed by atoms with van der Waals surface area (Å²) in [5, 5.41) is 8.57. The Kier molecular flexibility index (Phi) is 4.09. The summed E-state index contributed by atoms with van der Waals surface area (Å²) in [6, 6.07) is 11.8. The predicted molar refractivity (Wildman–Crippen MR) is 94.6 cm³/mol. The Hall–Kier alpha value is -2.89. The van der Waals surface area contributed by atoms with E-state index < -0.39 is 0 Å². The molecule has 25 heavy (non-hydrogen) atoms. The molecule has 3 aromatic rings. The first-order valence-electron chi connectivity index (χ1n) is 8.62. The molecule has 6 heteroatoms. The minimum absolute atomic E-state index is 0.0957. The van der Waals surface area contributed by atoms with Crippen LogP contribution in [0.5, 0.6) is 0 Å². The van der Waals surface area contributed by atoms with Gasteiger partial charge in [-0.3, -0.25) is 9.48 Å². The fourth-order valence-corrected chi connectivity index (χ4v) is 3.47. The molecule has 0 N–H and O–H groups in total. The molecule has 1 saturated heterocycles. The van der Waals surface area contributed by atoms with Crippen molar-refractivity contribution < 1.29 is 4.79 Å². The molecule has 1 aromatic carbocycles. The number of rotatable bonds is 4. The molecule has 4 rings (SSSR count). The fourth-order valence-electron chi connectivity index (χ4n) is 3.47. The second kappa shape index (κ2) is 6.55. The maximum atomic E-state index is 12.9. The van der Waals surface area contributed by atoms with Crippen LogP contribution in [-0.2, 0) is 6.54 Å². The zero-order chi connectivity index (χ0) is 17.2. The molecular formula is C19H21N5O. The Labute approximate surface area is 146 Å². The van der Waals surface area contributed by atoms with Gasteiger partial charge in [0.15, 0.2) is 0 Å². The smallest absolute Gasteiger partial charge is 0.254 e. The lowest BCUT2D eigenvalue weighted by Gasteiger charge is -2.25. The first-order chi connectivity index (χ1) is 12.2. The van der Waals surface area contributed by atoms with Gasteiger partial charge in [-0.05, 0) is 56.2 Å². The maximum Gasteiger partial charge on any atom is 0.254 e. The molecule has 2 aromatic heterocycles. The molecule has 1 fully saturated rings. The molecule has 0 spiro atoms. The topological polar surface area (TPSA) is 56.0 Å². The zero-order valence-electron chi connectivity index (χ0n) is 14.2. The lowest BCUT2D eigenvalue weighted by molar-refractivity contribution is 0.0721. The molecular weight excluding hydrogens is 314 g/mol. The third-order valence-corrected chi connectivity index (χ3v) is 4.79. The van der Waals surface area contributed by atoms with Crippen LogP contribution >= 0.6 is 0 Å². The third-order valence-electron chi connectivity index (χ3n) is 4.79. The van der Waals surface area contributed by atoms with Crippen molar-refractivity contribution in [1.29, 1.82) is 0 Å². The number of carbonyl (C=O) groups is 1. The number of hydrogen-bond acceptors (Lipinski definition) is 3. The van der Waals surface area contributed by atoms with Crippen molar-refractivity contribution in [3.63, 3.8) is 0 Å². The normalized spacial score (nSPS) is 17.2. The average molecular weight is 335 g/mol. The summed E-state index contributed by atoms with van der Waals surface area (Å²) in [5.41, 5.74) is 2.76. The summed E-state index contributed by atoms with van der Waals surface area (Å²) in [4.78, 5) is 14.9. The van der Waals surface area contributed by atoms with Crippen LogP contribution in [0.1, 0.15) is 28.9 Å². The molecule has 0 aliphatic carbocycles. The number of amides is 1. The Bertz CT molecular complexity index is 850. The molecule has 1 amide bonds. The van der Waals surface area contributed by atoms with Gasteiger partial charge in [0, 0.05) is 36.4 Å². The van der Waals surface area contributed by atoms with Gasteiger partial charge in [0.2, 0.25) is 0 Å². The first-order valence-corrected chi connectivity index (χ1v) is 8.62. The minimum Gasteiger partial charge on any atom is -0.334 e. The van der Waals surface area contributed by atoms with Crippen molar-refractivity contribution in [1.82, 2.24) is 24.5 Å². The third kappa shape index (κ3) is 3.07. The van der Waals surface area contributed by atoms with E-state index in [1.807, 2.05) is 63.8 Å². The largest absolute Gasteiger partial charge is 0.334 e. The number of aromatic nitrogens is 4. The Morgan fingerprint density at radius 2 is 2.00 bits per heavy atom. The van der Waals surface area contributed by atoms with Crippen LogP contribution < -0.4 is 0 Å². The first kappa shape index (κ1) is 15.6. The van der Waals surface area contributed by atoms with Gasteiger partial charge in [-0.2, -0.15) is 10.2 Å². The standard InChI is InChI=1S/C19H21N5O/c1-15-9-11-21-24(15)17-7-5-16(6-8-17)19(25)23-13-2-4-18(23)14-22-12-3-10-20-22/h3,5-12,18H,2,4,13-14H2,1H3/t18-/m1/s1. The molecule has 1 atom stereocenters. The molecule has 0 radical (unpaired) electrons. The fraction of sp³-hybridized carbons (Fsp3) is 0.316. The zero-order valence-corrected chi connectivity index (χ0v) is 14.2. The van der Waals surface area contributed by atoms with Gasteiger partial charge in [0.25, 0.3) is 5.91 Å². The quantitative estimate of drug-likeness (QED) is 0.736. The Morgan fingerprint density at radius 1 is 1.16 bits per heavy atom. The molecule has 0 bridgehead atoms. The lowest BCUT2D eigenvalue weighted by atomic mass is 10.1. The van der Waals surface area contributed by atoms with Crippen molar-refractivity contribution in [3.8, 4) is 5.69 Å². The minimum atomic E-state index is 0.0957. The number of likely N-dealkylation sites (tertiary alicyclic amines) is 1. The van der Waals surface area contributed by atoms with Crippen LogP contribution in [0.2, 0.25) is 0 Å². The van der Waals surface area contributed by atoms with E-state index in [4.69, 9.17) is 0 Å². The molecule has 1 aliphatic heterocycles. The highest BCUT2D eigenvalue weighted by Crippen LogP contribution is 2.22. The summed E-state index contributed by atoms with van der Waals surface area (Å²) in [6.07, 6.45) is 7.57. The monoisotopic (exact) mass is 335 g/mol. The average Bonchev–Trinajstić information content (AvgIpc) is 3.37. The van der Waals surface area contributed by atoms with Gasteiger partial charge >= 0.3 is 0 Å². The Morgan fingerprint density at radius 3 is 2.68 bits per heavy atom. The van der Waals surface area contributed by atoms with E-state index in [-0.39, 0.29) is 11.9 Å². The van der Waals surface area contributed by atoms with Gasteiger partial charge in [0.1, 0.15) is 0 Å². The van der Waals surface area contributed by atoms with E-state index in [0.29, 0.717) is 0 Å². The van der Waals surface area contributed by atoms with Gasteiger partial charge in [0.05, 0.1) is 18.3 Å². The van der Waals surface area contributed by atoms with E-state index >= 15 is 0 Å². The number of nitrogens with zero attached hydrogens (tertiary/aromatic N) is 5. The van der Waals surface area contributed by atoms with Crippen LogP contribution in [0, 0.1) is 6.92 Å². The summed E-state index contributed by atoms with van der Waals surface area (Å²) in [5.74, 6) is 0.0957. The molecule has 3 heterocycles. The summed E-state index contributed by atoms with van der Waals surface area (Å²) in [6.45, 7) is 3.57. The van der Waals surface area contributed by atoms with E-state index in [1.165, 1.54) is 0 Å². The van der Waals surface area contributed by atoms with Crippen molar-refractivity contribution in [2.24, 2.45) is 0 Å². The predicted octanol–water partition coefficient (Wildman–Crippen LogP) is 2.68. The Balaban J connectivity index is 1.51. The highest BCUT2D eigenvalue weighted by atomic mass is 16.2. The highest BCUT2D eigenvalue weighted by molar-refractivity contribution is 5.94. The van der Waals surface area contributed by atoms with Crippen LogP contribution in [0.4, 0.5) is 0 Å². The van der Waals surface area contributed by atoms with Crippen LogP contribution in [0.15, 0.2) is 55.0 Å². The molecule has 1 aliphatic rings. The van der Waals surface area contributed by atoms with E-state index in [9.17, 15) is 4.79 Å². The van der Waals surface area contributed by atoms with Crippen LogP contribution in [0.3, 0.4) is 0 Å². The number of benzene rings is 1. The number of aryl methyl sites for hydroxylation is 1. The second-order valence-electron chi connectivity index (χ2n) is 6.45. The van der Waals surface area contributed by atoms with Gasteiger partial charge < -0.3 is 4.90 Å². The SMILES string of the molecule is Cc1ccnn1-c1ccc(C(=O)N2CCC[C@@H]2Cn2cccn2)cc1. The van der Waals surface area contributed by atoms with Gasteiger partial charge in [-0.1, -0.05) is 0 Å². The summed E-state index contributed by atoms with van der Waals surface area (Å²) < 4.78 is 3.77. The van der Waals surface area contributed by atoms with Gasteiger partial charge in [-0.25, -0.2) is 4.68 Å². The van der Waals surface area contributed by atoms with Crippen molar-refractivity contribution in [3.05, 3.63) is 66.2 Å². The second-order valence-corrected chi connectivity index (χ2v) is 6.45. The van der Waals surface area contributed by atoms with Crippen molar-refractivity contribution in [2.75, 3.05) is 6.54 Å². The van der Waals surface area contributed by atoms with Crippen molar-refractivity contribution in [2.45, 2.75) is 32.4 Å². The molecule has 0 saturated carbocycles. The van der Waals surface area contributed by atoms with E-state index in [0.717, 1.165) is 42.9 Å². The highest BCUT2D eigenvalue weighted by Gasteiger charge is 2.29. The summed E-state index contributed by atoms with van der Waals surface area (Å²) in [7, 11) is 0. The lowest BCUT2D eigenvalue weighted by Crippen LogP contribution is -2.38. The number of hydrogen-bond donors (Lipinski definition) is 0. The van der Waals surface area contributed by atoms with E-state index in [1.54, 1.807) is 12.4 Å². The van der Waals surface area contributed by atoms with Crippen LogP contribution in [0.25, 0.3) is 5.69 Å². The molecule has 0 unspecified atom stereocenters. The van der Waals surface area contributed by atoms with Crippen molar-refractivity contribution >= 4 is 5.91 Å². The molecule has 6 nitrogen and oxygen atoms in total. The van der Waals surface area contributed by atoms with Crippen LogP contribution in [-0.4, -0.2) is 43.0 Å². The van der Waals surface area contributed by atoms with Gasteiger partial charge in [-0.15, -0.1) is 0 Å². The summed E-state index contributed by atoms with van der Waals surface area (Å²) >= 11 is 0. The molecule has 128 valence electrons.